The number of aromatic nitrogens is 1. The van der Waals surface area contributed by atoms with E-state index in [-0.39, 0.29) is 10.9 Å². The average molecular weight is 404 g/mol. The lowest BCUT2D eigenvalue weighted by molar-refractivity contribution is -0.384. The lowest BCUT2D eigenvalue weighted by atomic mass is 10.1. The van der Waals surface area contributed by atoms with Gasteiger partial charge in [-0.25, -0.2) is 9.37 Å². The van der Waals surface area contributed by atoms with Crippen LogP contribution in [0, 0.1) is 20.8 Å². The van der Waals surface area contributed by atoms with E-state index in [4.69, 9.17) is 5.26 Å². The number of hydrogen-bond donors (Lipinski definition) is 0. The van der Waals surface area contributed by atoms with E-state index >= 15 is 0 Å². The van der Waals surface area contributed by atoms with Crippen molar-refractivity contribution < 1.29 is 9.31 Å². The predicted octanol–water partition coefficient (Wildman–Crippen LogP) is 6.24. The van der Waals surface area contributed by atoms with Crippen LogP contribution in [0.1, 0.15) is 28.4 Å². The SMILES string of the molecule is C/C=C\F.C=C/C=C/c1nc([C@H](Cc2ccc([N+](=O)[O-])cc2)SC#N)cs1. The van der Waals surface area contributed by atoms with Gasteiger partial charge in [0.25, 0.3) is 5.69 Å². The number of allylic oxidation sites excluding steroid dienone is 3. The third kappa shape index (κ3) is 7.98. The number of non-ortho nitro benzene ring substituents is 1. The van der Waals surface area contributed by atoms with Crippen molar-refractivity contribution in [3.05, 3.63) is 87.2 Å². The standard InChI is InChI=1S/C16H13N3O2S2.C3H5F/c1-2-3-4-16-18-14(10-22-16)15(23-11-17)9-12-5-7-13(8-6-12)19(20)21;1-2-3-4/h2-8,10,15H,1,9H2;2-3H,1H3/b4-3+;3-2-/t15-;/m0./s1. The third-order valence-corrected chi connectivity index (χ3v) is 4.76. The molecule has 2 aromatic rings. The molecule has 0 aliphatic heterocycles. The molecule has 1 aromatic carbocycles. The summed E-state index contributed by atoms with van der Waals surface area (Å²) in [6.45, 7) is 5.24. The van der Waals surface area contributed by atoms with Gasteiger partial charge in [-0.15, -0.1) is 11.3 Å². The number of benzene rings is 1. The number of thiocyanates is 1. The number of nitro groups is 1. The van der Waals surface area contributed by atoms with Crippen molar-refractivity contribution in [2.45, 2.75) is 18.6 Å². The number of hydrogen-bond acceptors (Lipinski definition) is 6. The third-order valence-electron chi connectivity index (χ3n) is 3.13. The van der Waals surface area contributed by atoms with E-state index in [2.05, 4.69) is 17.0 Å². The molecule has 0 radical (unpaired) electrons. The Balaban J connectivity index is 0.000000828. The van der Waals surface area contributed by atoms with Gasteiger partial charge in [0.1, 0.15) is 10.4 Å². The minimum Gasteiger partial charge on any atom is -0.258 e. The fraction of sp³-hybridized carbons (Fsp3) is 0.158. The highest BCUT2D eigenvalue weighted by atomic mass is 32.2. The molecule has 0 amide bonds. The van der Waals surface area contributed by atoms with Gasteiger partial charge >= 0.3 is 0 Å². The van der Waals surface area contributed by atoms with E-state index in [1.54, 1.807) is 25.1 Å². The normalized spacial score (nSPS) is 11.6. The molecule has 2 rings (SSSR count). The van der Waals surface area contributed by atoms with Gasteiger partial charge in [-0.05, 0) is 36.7 Å². The van der Waals surface area contributed by atoms with Gasteiger partial charge < -0.3 is 0 Å². The number of rotatable bonds is 7. The Labute approximate surface area is 165 Å². The van der Waals surface area contributed by atoms with E-state index in [0.29, 0.717) is 12.8 Å². The maximum absolute atomic E-state index is 10.7. The first kappa shape index (κ1) is 22.3. The molecule has 0 saturated heterocycles. The van der Waals surface area contributed by atoms with Crippen molar-refractivity contribution in [3.8, 4) is 5.40 Å². The highest BCUT2D eigenvalue weighted by Crippen LogP contribution is 2.33. The number of halogens is 1. The smallest absolute Gasteiger partial charge is 0.258 e. The largest absolute Gasteiger partial charge is 0.269 e. The highest BCUT2D eigenvalue weighted by molar-refractivity contribution is 8.03. The summed E-state index contributed by atoms with van der Waals surface area (Å²) in [5.41, 5.74) is 1.83. The minimum absolute atomic E-state index is 0.0590. The zero-order chi connectivity index (χ0) is 20.1. The van der Waals surface area contributed by atoms with Crippen LogP contribution in [0.3, 0.4) is 0 Å². The fourth-order valence-electron chi connectivity index (χ4n) is 1.91. The van der Waals surface area contributed by atoms with Crippen LogP contribution >= 0.6 is 23.1 Å². The van der Waals surface area contributed by atoms with E-state index in [0.717, 1.165) is 28.0 Å². The molecule has 0 bridgehead atoms. The molecule has 0 aliphatic rings. The summed E-state index contributed by atoms with van der Waals surface area (Å²) in [6.07, 6.45) is 7.77. The zero-order valence-corrected chi connectivity index (χ0v) is 16.3. The fourth-order valence-corrected chi connectivity index (χ4v) is 3.42. The molecule has 0 saturated carbocycles. The number of thioether (sulfide) groups is 1. The van der Waals surface area contributed by atoms with Gasteiger partial charge in [0, 0.05) is 17.5 Å². The Bertz CT molecular complexity index is 835. The highest BCUT2D eigenvalue weighted by Gasteiger charge is 2.17. The first-order valence-corrected chi connectivity index (χ1v) is 9.55. The number of nitrogens with zero attached hydrogens (tertiary/aromatic N) is 3. The van der Waals surface area contributed by atoms with Gasteiger partial charge in [-0.1, -0.05) is 36.9 Å². The first-order chi connectivity index (χ1) is 13.0. The Morgan fingerprint density at radius 2 is 2.15 bits per heavy atom. The van der Waals surface area contributed by atoms with Crippen LogP contribution < -0.4 is 0 Å². The van der Waals surface area contributed by atoms with Gasteiger partial charge in [0.05, 0.1) is 22.2 Å². The van der Waals surface area contributed by atoms with Crippen LogP contribution in [-0.4, -0.2) is 9.91 Å². The van der Waals surface area contributed by atoms with Crippen molar-refractivity contribution >= 4 is 34.9 Å². The van der Waals surface area contributed by atoms with Crippen LogP contribution in [0.15, 0.2) is 60.8 Å². The second-order valence-corrected chi connectivity index (χ2v) is 6.87. The lowest BCUT2D eigenvalue weighted by Gasteiger charge is -2.10. The summed E-state index contributed by atoms with van der Waals surface area (Å²) in [7, 11) is 0. The second-order valence-electron chi connectivity index (χ2n) is 4.99. The molecule has 8 heteroatoms. The molecule has 0 fully saturated rings. The maximum atomic E-state index is 10.7. The lowest BCUT2D eigenvalue weighted by Crippen LogP contribution is -1.99. The number of nitriles is 1. The molecule has 0 unspecified atom stereocenters. The molecule has 5 nitrogen and oxygen atoms in total. The van der Waals surface area contributed by atoms with Crippen molar-refractivity contribution in [2.75, 3.05) is 0 Å². The van der Waals surface area contributed by atoms with E-state index in [1.165, 1.54) is 29.5 Å². The minimum atomic E-state index is -0.427. The zero-order valence-electron chi connectivity index (χ0n) is 14.6. The predicted molar refractivity (Wildman–Crippen MR) is 110 cm³/mol. The molecule has 1 heterocycles. The van der Waals surface area contributed by atoms with Crippen LogP contribution in [0.2, 0.25) is 0 Å². The summed E-state index contributed by atoms with van der Waals surface area (Å²) < 4.78 is 10.5. The Kier molecular flexibility index (Phi) is 10.4. The molecular weight excluding hydrogens is 385 g/mol. The van der Waals surface area contributed by atoms with Gasteiger partial charge in [0.2, 0.25) is 0 Å². The molecule has 1 aromatic heterocycles. The quantitative estimate of drug-likeness (QED) is 0.237. The van der Waals surface area contributed by atoms with Gasteiger partial charge in [0.15, 0.2) is 0 Å². The summed E-state index contributed by atoms with van der Waals surface area (Å²) in [6, 6.07) is 6.38. The van der Waals surface area contributed by atoms with Gasteiger partial charge in [-0.2, -0.15) is 5.26 Å². The summed E-state index contributed by atoms with van der Waals surface area (Å²) in [5.74, 6) is 0. The van der Waals surface area contributed by atoms with Crippen LogP contribution in [0.25, 0.3) is 6.08 Å². The monoisotopic (exact) mass is 403 g/mol. The average Bonchev–Trinajstić information content (AvgIpc) is 3.15. The Morgan fingerprint density at radius 3 is 2.67 bits per heavy atom. The molecule has 0 N–H and O–H groups in total. The second kappa shape index (κ2) is 12.6. The van der Waals surface area contributed by atoms with E-state index < -0.39 is 4.92 Å². The van der Waals surface area contributed by atoms with Crippen molar-refractivity contribution in [3.63, 3.8) is 0 Å². The van der Waals surface area contributed by atoms with Crippen molar-refractivity contribution in [2.24, 2.45) is 0 Å². The van der Waals surface area contributed by atoms with Crippen LogP contribution in [-0.2, 0) is 6.42 Å². The molecule has 0 spiro atoms. The van der Waals surface area contributed by atoms with Gasteiger partial charge in [-0.3, -0.25) is 10.1 Å². The first-order valence-electron chi connectivity index (χ1n) is 7.79. The van der Waals surface area contributed by atoms with Crippen LogP contribution in [0.4, 0.5) is 10.1 Å². The Hall–Kier alpha value is -2.76. The number of nitro benzene ring substituents is 1. The summed E-state index contributed by atoms with van der Waals surface area (Å²) in [5, 5.41) is 24.5. The molecule has 0 aliphatic carbocycles. The summed E-state index contributed by atoms with van der Waals surface area (Å²) >= 11 is 2.65. The molecule has 1 atom stereocenters. The maximum Gasteiger partial charge on any atom is 0.269 e. The molecule has 27 heavy (non-hydrogen) atoms. The van der Waals surface area contributed by atoms with E-state index in [1.807, 2.05) is 17.5 Å². The van der Waals surface area contributed by atoms with Crippen molar-refractivity contribution in [1.82, 2.24) is 4.98 Å². The van der Waals surface area contributed by atoms with E-state index in [9.17, 15) is 14.5 Å². The summed E-state index contributed by atoms with van der Waals surface area (Å²) in [4.78, 5) is 14.8. The number of thiazole rings is 1. The molecule has 140 valence electrons. The topological polar surface area (TPSA) is 79.8 Å². The Morgan fingerprint density at radius 1 is 1.48 bits per heavy atom. The van der Waals surface area contributed by atoms with Crippen LogP contribution in [0.5, 0.6) is 0 Å². The van der Waals surface area contributed by atoms with Crippen molar-refractivity contribution in [1.29, 1.82) is 5.26 Å². The molecular formula is C19H18FN3O2S2.